The number of halogens is 1. The van der Waals surface area contributed by atoms with E-state index in [1.54, 1.807) is 50.5 Å². The Morgan fingerprint density at radius 3 is 2.57 bits per heavy atom. The number of pyridine rings is 1. The molecule has 1 aromatic heterocycles. The van der Waals surface area contributed by atoms with Crippen molar-refractivity contribution >= 4 is 33.2 Å². The summed E-state index contributed by atoms with van der Waals surface area (Å²) in [6, 6.07) is 8.72. The summed E-state index contributed by atoms with van der Waals surface area (Å²) in [5.41, 5.74) is 7.41. The molecule has 6 heteroatoms. The smallest absolute Gasteiger partial charge is 0.253 e. The maximum absolute atomic E-state index is 12.3. The van der Waals surface area contributed by atoms with Gasteiger partial charge in [0.05, 0.1) is 0 Å². The molecule has 0 atom stereocenters. The van der Waals surface area contributed by atoms with Gasteiger partial charge in [-0.3, -0.25) is 9.59 Å². The summed E-state index contributed by atoms with van der Waals surface area (Å²) < 4.78 is 2.16. The molecular weight excluding hydrogens is 334 g/mol. The van der Waals surface area contributed by atoms with Crippen molar-refractivity contribution in [3.8, 4) is 0 Å². The first-order chi connectivity index (χ1) is 9.88. The predicted octanol–water partition coefficient (Wildman–Crippen LogP) is 2.16. The summed E-state index contributed by atoms with van der Waals surface area (Å²) in [5, 5.41) is 0. The first kappa shape index (κ1) is 15.3. The number of hydrogen-bond acceptors (Lipinski definition) is 3. The molecular formula is C15H16BrN3O2. The fourth-order valence-corrected chi connectivity index (χ4v) is 2.54. The lowest BCUT2D eigenvalue weighted by Crippen LogP contribution is -2.34. The van der Waals surface area contributed by atoms with E-state index in [1.165, 1.54) is 9.47 Å². The fraction of sp³-hybridized carbons (Fsp3) is 0.200. The largest absolute Gasteiger partial charge is 0.399 e. The number of benzene rings is 1. The zero-order valence-electron chi connectivity index (χ0n) is 11.8. The van der Waals surface area contributed by atoms with Crippen molar-refractivity contribution in [1.82, 2.24) is 4.57 Å². The molecule has 21 heavy (non-hydrogen) atoms. The monoisotopic (exact) mass is 349 g/mol. The van der Waals surface area contributed by atoms with Crippen LogP contribution in [0, 0.1) is 6.92 Å². The quantitative estimate of drug-likeness (QED) is 0.863. The van der Waals surface area contributed by atoms with Crippen LogP contribution in [0.3, 0.4) is 0 Å². The number of nitrogen functional groups attached to an aromatic ring is 1. The highest BCUT2D eigenvalue weighted by atomic mass is 79.9. The summed E-state index contributed by atoms with van der Waals surface area (Å²) >= 11 is 3.33. The van der Waals surface area contributed by atoms with Crippen molar-refractivity contribution in [3.63, 3.8) is 0 Å². The van der Waals surface area contributed by atoms with E-state index >= 15 is 0 Å². The molecule has 0 unspecified atom stereocenters. The van der Waals surface area contributed by atoms with Crippen LogP contribution in [0.1, 0.15) is 5.56 Å². The molecule has 0 saturated carbocycles. The number of aromatic nitrogens is 1. The molecule has 2 aromatic rings. The van der Waals surface area contributed by atoms with E-state index in [0.29, 0.717) is 11.3 Å². The average Bonchev–Trinajstić information content (AvgIpc) is 2.44. The van der Waals surface area contributed by atoms with Gasteiger partial charge in [0.2, 0.25) is 5.91 Å². The van der Waals surface area contributed by atoms with E-state index in [9.17, 15) is 9.59 Å². The highest BCUT2D eigenvalue weighted by Crippen LogP contribution is 2.15. The highest BCUT2D eigenvalue weighted by Gasteiger charge is 2.13. The Kier molecular flexibility index (Phi) is 4.47. The average molecular weight is 350 g/mol. The van der Waals surface area contributed by atoms with Gasteiger partial charge in [0, 0.05) is 34.7 Å². The van der Waals surface area contributed by atoms with E-state index in [0.717, 1.165) is 10.2 Å². The lowest BCUT2D eigenvalue weighted by molar-refractivity contribution is -0.118. The number of nitrogens with two attached hydrogens (primary N) is 1. The standard InChI is InChI=1S/C15H16BrN3O2/c1-10-7-11(16)8-19(15(10)21)9-14(20)18(2)13-5-3-12(17)4-6-13/h3-8H,9,17H2,1-2H3. The van der Waals surface area contributed by atoms with Gasteiger partial charge in [-0.1, -0.05) is 0 Å². The minimum atomic E-state index is -0.181. The maximum Gasteiger partial charge on any atom is 0.253 e. The number of carbonyl (C=O) groups excluding carboxylic acids is 1. The van der Waals surface area contributed by atoms with Gasteiger partial charge in [-0.25, -0.2) is 0 Å². The molecule has 110 valence electrons. The number of anilines is 2. The summed E-state index contributed by atoms with van der Waals surface area (Å²) in [6.07, 6.45) is 1.62. The van der Waals surface area contributed by atoms with Crippen molar-refractivity contribution in [1.29, 1.82) is 0 Å². The lowest BCUT2D eigenvalue weighted by Gasteiger charge is -2.18. The fourth-order valence-electron chi connectivity index (χ4n) is 1.95. The van der Waals surface area contributed by atoms with Crippen molar-refractivity contribution < 1.29 is 4.79 Å². The Morgan fingerprint density at radius 2 is 1.95 bits per heavy atom. The van der Waals surface area contributed by atoms with Crippen LogP contribution in [0.2, 0.25) is 0 Å². The molecule has 0 aliphatic rings. The van der Waals surface area contributed by atoms with Crippen LogP contribution in [0.15, 0.2) is 45.8 Å². The van der Waals surface area contributed by atoms with Gasteiger partial charge in [0.1, 0.15) is 6.54 Å². The van der Waals surface area contributed by atoms with E-state index in [2.05, 4.69) is 15.9 Å². The molecule has 0 radical (unpaired) electrons. The molecule has 0 aliphatic carbocycles. The first-order valence-electron chi connectivity index (χ1n) is 6.37. The number of hydrogen-bond donors (Lipinski definition) is 1. The molecule has 0 fully saturated rings. The zero-order chi connectivity index (χ0) is 15.6. The van der Waals surface area contributed by atoms with Gasteiger partial charge in [0.25, 0.3) is 5.56 Å². The van der Waals surface area contributed by atoms with Crippen LogP contribution in [-0.2, 0) is 11.3 Å². The number of aryl methyl sites for hydroxylation is 1. The van der Waals surface area contributed by atoms with E-state index < -0.39 is 0 Å². The number of carbonyl (C=O) groups is 1. The van der Waals surface area contributed by atoms with Crippen LogP contribution in [0.5, 0.6) is 0 Å². The number of likely N-dealkylation sites (N-methyl/N-ethyl adjacent to an activating group) is 1. The Balaban J connectivity index is 2.22. The van der Waals surface area contributed by atoms with E-state index in [4.69, 9.17) is 5.73 Å². The minimum absolute atomic E-state index is 0.0139. The number of nitrogens with zero attached hydrogens (tertiary/aromatic N) is 2. The van der Waals surface area contributed by atoms with Crippen LogP contribution in [-0.4, -0.2) is 17.5 Å². The highest BCUT2D eigenvalue weighted by molar-refractivity contribution is 9.10. The molecule has 1 aromatic carbocycles. The third kappa shape index (κ3) is 3.52. The Morgan fingerprint density at radius 1 is 1.33 bits per heavy atom. The Labute approximate surface area is 131 Å². The molecule has 1 amide bonds. The number of amides is 1. The molecule has 0 saturated heterocycles. The normalized spacial score (nSPS) is 10.4. The second kappa shape index (κ2) is 6.13. The maximum atomic E-state index is 12.3. The first-order valence-corrected chi connectivity index (χ1v) is 7.16. The second-order valence-electron chi connectivity index (χ2n) is 4.82. The molecule has 5 nitrogen and oxygen atoms in total. The molecule has 0 bridgehead atoms. The van der Waals surface area contributed by atoms with Gasteiger partial charge < -0.3 is 15.2 Å². The summed E-state index contributed by atoms with van der Waals surface area (Å²) in [4.78, 5) is 25.8. The number of rotatable bonds is 3. The molecule has 0 aliphatic heterocycles. The minimum Gasteiger partial charge on any atom is -0.399 e. The van der Waals surface area contributed by atoms with Crippen LogP contribution in [0.4, 0.5) is 11.4 Å². The Hall–Kier alpha value is -2.08. The zero-order valence-corrected chi connectivity index (χ0v) is 13.4. The van der Waals surface area contributed by atoms with Crippen molar-refractivity contribution in [2.24, 2.45) is 0 Å². The van der Waals surface area contributed by atoms with Crippen LogP contribution >= 0.6 is 15.9 Å². The SMILES string of the molecule is Cc1cc(Br)cn(CC(=O)N(C)c2ccc(N)cc2)c1=O. The summed E-state index contributed by atoms with van der Waals surface area (Å²) in [6.45, 7) is 1.71. The van der Waals surface area contributed by atoms with Crippen LogP contribution in [0.25, 0.3) is 0 Å². The van der Waals surface area contributed by atoms with E-state index in [1.807, 2.05) is 0 Å². The second-order valence-corrected chi connectivity index (χ2v) is 5.73. The van der Waals surface area contributed by atoms with E-state index in [-0.39, 0.29) is 18.0 Å². The van der Waals surface area contributed by atoms with Gasteiger partial charge >= 0.3 is 0 Å². The molecule has 0 spiro atoms. The van der Waals surface area contributed by atoms with Crippen molar-refractivity contribution in [2.45, 2.75) is 13.5 Å². The lowest BCUT2D eigenvalue weighted by atomic mass is 10.2. The topological polar surface area (TPSA) is 68.3 Å². The van der Waals surface area contributed by atoms with Gasteiger partial charge in [-0.05, 0) is 53.2 Å². The van der Waals surface area contributed by atoms with Gasteiger partial charge in [0.15, 0.2) is 0 Å². The third-order valence-electron chi connectivity index (χ3n) is 3.19. The van der Waals surface area contributed by atoms with Crippen molar-refractivity contribution in [3.05, 3.63) is 56.9 Å². The predicted molar refractivity (Wildman–Crippen MR) is 87.4 cm³/mol. The summed E-state index contributed by atoms with van der Waals surface area (Å²) in [5.74, 6) is -0.181. The van der Waals surface area contributed by atoms with Crippen molar-refractivity contribution in [2.75, 3.05) is 17.7 Å². The van der Waals surface area contributed by atoms with Gasteiger partial charge in [-0.15, -0.1) is 0 Å². The molecule has 2 N–H and O–H groups in total. The van der Waals surface area contributed by atoms with Crippen LogP contribution < -0.4 is 16.2 Å². The molecule has 1 heterocycles. The van der Waals surface area contributed by atoms with Gasteiger partial charge in [-0.2, -0.15) is 0 Å². The third-order valence-corrected chi connectivity index (χ3v) is 3.63. The Bertz CT molecular complexity index is 723. The summed E-state index contributed by atoms with van der Waals surface area (Å²) in [7, 11) is 1.67. The molecule has 2 rings (SSSR count).